The predicted octanol–water partition coefficient (Wildman–Crippen LogP) is 5.63. The third kappa shape index (κ3) is 4.23. The average molecular weight is 470 g/mol. The molecule has 3 rings (SSSR count). The maximum Gasteiger partial charge on any atom is 0.422 e. The lowest BCUT2D eigenvalue weighted by Gasteiger charge is -2.45. The highest BCUT2D eigenvalue weighted by Gasteiger charge is 2.52. The van der Waals surface area contributed by atoms with E-state index in [0.717, 1.165) is 5.56 Å². The van der Waals surface area contributed by atoms with Crippen molar-refractivity contribution in [2.45, 2.75) is 38.0 Å². The number of amides is 1. The molecular formula is C20H15ClF7NO2. The fraction of sp³-hybridized carbons (Fsp3) is 0.350. The monoisotopic (exact) mass is 469 g/mol. The molecule has 1 amide bonds. The second-order valence-corrected chi connectivity index (χ2v) is 7.73. The first-order chi connectivity index (χ1) is 14.4. The summed E-state index contributed by atoms with van der Waals surface area (Å²) in [7, 11) is 0. The van der Waals surface area contributed by atoms with Crippen molar-refractivity contribution in [1.29, 1.82) is 0 Å². The van der Waals surface area contributed by atoms with Gasteiger partial charge in [0.25, 0.3) is 0 Å². The topological polar surface area (TPSA) is 49.3 Å². The second-order valence-electron chi connectivity index (χ2n) is 7.29. The number of aryl methyl sites for hydroxylation is 1. The van der Waals surface area contributed by atoms with Crippen molar-refractivity contribution < 1.29 is 40.6 Å². The van der Waals surface area contributed by atoms with Crippen molar-refractivity contribution in [3.8, 4) is 0 Å². The number of alkyl halides is 3. The fourth-order valence-electron chi connectivity index (χ4n) is 3.54. The zero-order chi connectivity index (χ0) is 23.1. The lowest BCUT2D eigenvalue weighted by atomic mass is 9.62. The lowest BCUT2D eigenvalue weighted by molar-refractivity contribution is -0.146. The summed E-state index contributed by atoms with van der Waals surface area (Å²) in [6.45, 7) is 0. The maximum atomic E-state index is 14.1. The molecule has 1 aliphatic rings. The Bertz CT molecular complexity index is 981. The molecule has 31 heavy (non-hydrogen) atoms. The van der Waals surface area contributed by atoms with Gasteiger partial charge in [-0.15, -0.1) is 0 Å². The van der Waals surface area contributed by atoms with Crippen LogP contribution in [0.4, 0.5) is 36.4 Å². The van der Waals surface area contributed by atoms with Gasteiger partial charge in [-0.25, -0.2) is 17.6 Å². The summed E-state index contributed by atoms with van der Waals surface area (Å²) in [6, 6.07) is 6.52. The van der Waals surface area contributed by atoms with Crippen molar-refractivity contribution >= 4 is 23.2 Å². The summed E-state index contributed by atoms with van der Waals surface area (Å²) < 4.78 is 94.0. The van der Waals surface area contributed by atoms with Crippen LogP contribution in [0.2, 0.25) is 5.02 Å². The lowest BCUT2D eigenvalue weighted by Crippen LogP contribution is -2.53. The molecule has 0 aromatic heterocycles. The molecular weight excluding hydrogens is 455 g/mol. The highest BCUT2D eigenvalue weighted by molar-refractivity contribution is 6.30. The Hall–Kier alpha value is -2.33. The van der Waals surface area contributed by atoms with Crippen LogP contribution in [0.15, 0.2) is 24.3 Å². The molecule has 0 aliphatic heterocycles. The fourth-order valence-corrected chi connectivity index (χ4v) is 3.66. The Balaban J connectivity index is 1.89. The zero-order valence-electron chi connectivity index (χ0n) is 15.6. The van der Waals surface area contributed by atoms with Crippen LogP contribution in [0.1, 0.15) is 30.4 Å². The van der Waals surface area contributed by atoms with Gasteiger partial charge in [0.15, 0.2) is 23.3 Å². The standard InChI is InChI=1S/C20H15ClF7NO2/c21-10-3-1-9(2-4-10)5-7-19(8-6-11(19)30)18(31)29-17-15(24)13(22)12(20(26,27)28)14(23)16(17)25/h1-4,11,30H,5-8H2,(H,29,31)/t11-,19+/m0/s1. The van der Waals surface area contributed by atoms with Crippen molar-refractivity contribution in [2.75, 3.05) is 5.32 Å². The molecule has 0 bridgehead atoms. The van der Waals surface area contributed by atoms with Gasteiger partial charge in [-0.1, -0.05) is 23.7 Å². The summed E-state index contributed by atoms with van der Waals surface area (Å²) in [5.74, 6) is -11.3. The molecule has 0 saturated heterocycles. The molecule has 2 aromatic carbocycles. The Morgan fingerprint density at radius 2 is 1.61 bits per heavy atom. The summed E-state index contributed by atoms with van der Waals surface area (Å²) in [4.78, 5) is 12.7. The van der Waals surface area contributed by atoms with Crippen LogP contribution in [0, 0.1) is 28.7 Å². The summed E-state index contributed by atoms with van der Waals surface area (Å²) in [5.41, 5.74) is -5.21. The van der Waals surface area contributed by atoms with Crippen LogP contribution in [-0.2, 0) is 17.4 Å². The van der Waals surface area contributed by atoms with Gasteiger partial charge in [-0.2, -0.15) is 13.2 Å². The third-order valence-electron chi connectivity index (χ3n) is 5.51. The molecule has 0 unspecified atom stereocenters. The van der Waals surface area contributed by atoms with E-state index in [1.165, 1.54) is 0 Å². The number of nitrogens with one attached hydrogen (secondary N) is 1. The summed E-state index contributed by atoms with van der Waals surface area (Å²) >= 11 is 5.79. The molecule has 1 saturated carbocycles. The van der Waals surface area contributed by atoms with E-state index in [1.807, 2.05) is 0 Å². The van der Waals surface area contributed by atoms with E-state index in [1.54, 1.807) is 29.6 Å². The first-order valence-corrected chi connectivity index (χ1v) is 9.43. The maximum absolute atomic E-state index is 14.1. The number of rotatable bonds is 5. The average Bonchev–Trinajstić information content (AvgIpc) is 2.69. The van der Waals surface area contributed by atoms with Gasteiger partial charge < -0.3 is 10.4 Å². The quantitative estimate of drug-likeness (QED) is 0.440. The van der Waals surface area contributed by atoms with E-state index < -0.39 is 58.1 Å². The van der Waals surface area contributed by atoms with E-state index in [2.05, 4.69) is 0 Å². The Morgan fingerprint density at radius 3 is 2.03 bits per heavy atom. The van der Waals surface area contributed by atoms with Gasteiger partial charge in [-0.3, -0.25) is 4.79 Å². The zero-order valence-corrected chi connectivity index (χ0v) is 16.4. The van der Waals surface area contributed by atoms with E-state index in [-0.39, 0.29) is 25.7 Å². The minimum atomic E-state index is -5.69. The molecule has 2 atom stereocenters. The molecule has 1 aliphatic carbocycles. The van der Waals surface area contributed by atoms with E-state index in [4.69, 9.17) is 11.6 Å². The highest BCUT2D eigenvalue weighted by atomic mass is 35.5. The molecule has 2 N–H and O–H groups in total. The molecule has 3 nitrogen and oxygen atoms in total. The molecule has 0 heterocycles. The number of benzene rings is 2. The summed E-state index contributed by atoms with van der Waals surface area (Å²) in [6.07, 6.45) is -6.35. The predicted molar refractivity (Wildman–Crippen MR) is 97.4 cm³/mol. The molecule has 0 radical (unpaired) electrons. The number of hydrogen-bond donors (Lipinski definition) is 2. The first-order valence-electron chi connectivity index (χ1n) is 9.05. The Morgan fingerprint density at radius 1 is 1.06 bits per heavy atom. The van der Waals surface area contributed by atoms with Gasteiger partial charge in [0, 0.05) is 5.02 Å². The van der Waals surface area contributed by atoms with E-state index in [0.29, 0.717) is 5.02 Å². The van der Waals surface area contributed by atoms with Crippen LogP contribution in [-0.4, -0.2) is 17.1 Å². The molecule has 168 valence electrons. The van der Waals surface area contributed by atoms with Gasteiger partial charge in [0.1, 0.15) is 11.3 Å². The minimum absolute atomic E-state index is 0.0104. The van der Waals surface area contributed by atoms with Crippen molar-refractivity contribution in [2.24, 2.45) is 5.41 Å². The van der Waals surface area contributed by atoms with Gasteiger partial charge in [0.2, 0.25) is 5.91 Å². The number of hydrogen-bond acceptors (Lipinski definition) is 2. The number of carbonyl (C=O) groups is 1. The molecule has 1 fully saturated rings. The second kappa shape index (κ2) is 8.31. The largest absolute Gasteiger partial charge is 0.422 e. The number of aliphatic hydroxyl groups excluding tert-OH is 1. The first kappa shape index (κ1) is 23.3. The number of anilines is 1. The smallest absolute Gasteiger partial charge is 0.392 e. The molecule has 2 aromatic rings. The van der Waals surface area contributed by atoms with Crippen LogP contribution < -0.4 is 5.32 Å². The Kier molecular flexibility index (Phi) is 6.25. The van der Waals surface area contributed by atoms with Crippen LogP contribution in [0.25, 0.3) is 0 Å². The van der Waals surface area contributed by atoms with Gasteiger partial charge >= 0.3 is 6.18 Å². The minimum Gasteiger partial charge on any atom is -0.392 e. The van der Waals surface area contributed by atoms with Crippen molar-refractivity contribution in [3.05, 3.63) is 63.7 Å². The van der Waals surface area contributed by atoms with Crippen LogP contribution in [0.3, 0.4) is 0 Å². The van der Waals surface area contributed by atoms with E-state index in [9.17, 15) is 40.6 Å². The summed E-state index contributed by atoms with van der Waals surface area (Å²) in [5, 5.41) is 12.3. The Labute approximate surface area is 176 Å². The van der Waals surface area contributed by atoms with Crippen LogP contribution >= 0.6 is 11.6 Å². The van der Waals surface area contributed by atoms with Gasteiger partial charge in [0.05, 0.1) is 11.5 Å². The number of aliphatic hydroxyl groups is 1. The SMILES string of the molecule is O=C(Nc1c(F)c(F)c(C(F)(F)F)c(F)c1F)[C@]1(CCc2ccc(Cl)cc2)CC[C@@H]1O. The normalized spacial score (nSPS) is 21.0. The van der Waals surface area contributed by atoms with Crippen LogP contribution in [0.5, 0.6) is 0 Å². The van der Waals surface area contributed by atoms with Gasteiger partial charge in [-0.05, 0) is 43.4 Å². The van der Waals surface area contributed by atoms with Crippen molar-refractivity contribution in [1.82, 2.24) is 0 Å². The van der Waals surface area contributed by atoms with Crippen molar-refractivity contribution in [3.63, 3.8) is 0 Å². The van der Waals surface area contributed by atoms with E-state index >= 15 is 0 Å². The molecule has 0 spiro atoms. The highest BCUT2D eigenvalue weighted by Crippen LogP contribution is 2.47. The molecule has 11 heteroatoms. The number of carbonyl (C=O) groups excluding carboxylic acids is 1. The third-order valence-corrected chi connectivity index (χ3v) is 5.76. The number of halogens is 8.